The van der Waals surface area contributed by atoms with Crippen LogP contribution in [-0.4, -0.2) is 13.3 Å². The van der Waals surface area contributed by atoms with Crippen molar-refractivity contribution < 1.29 is 9.47 Å². The Morgan fingerprint density at radius 1 is 1.31 bits per heavy atom. The summed E-state index contributed by atoms with van der Waals surface area (Å²) in [6.45, 7) is 2.98. The largest absolute Gasteiger partial charge is 0.453 e. The molecule has 0 spiro atoms. The van der Waals surface area contributed by atoms with Crippen molar-refractivity contribution in [1.29, 1.82) is 0 Å². The first kappa shape index (κ1) is 8.38. The van der Waals surface area contributed by atoms with E-state index in [1.165, 1.54) is 0 Å². The molecule has 0 saturated heterocycles. The van der Waals surface area contributed by atoms with Crippen LogP contribution in [0.5, 0.6) is 11.5 Å². The molecule has 1 aromatic carbocycles. The average Bonchev–Trinajstić information content (AvgIpc) is 2.59. The minimum absolute atomic E-state index is 0.331. The van der Waals surface area contributed by atoms with Gasteiger partial charge in [0.15, 0.2) is 11.5 Å². The molecule has 3 nitrogen and oxygen atoms in total. The smallest absolute Gasteiger partial charge is 0.231 e. The van der Waals surface area contributed by atoms with E-state index in [-0.39, 0.29) is 0 Å². The highest BCUT2D eigenvalue weighted by molar-refractivity contribution is 5.52. The summed E-state index contributed by atoms with van der Waals surface area (Å²) in [4.78, 5) is 0. The molecule has 0 atom stereocenters. The molecule has 0 fully saturated rings. The van der Waals surface area contributed by atoms with Gasteiger partial charge in [0.2, 0.25) is 6.79 Å². The Balaban J connectivity index is 2.43. The summed E-state index contributed by atoms with van der Waals surface area (Å²) in [6, 6.07) is 4.09. The number of hydrogen-bond donors (Lipinski definition) is 1. The van der Waals surface area contributed by atoms with Crippen LogP contribution in [0.4, 0.5) is 0 Å². The molecule has 1 aliphatic rings. The van der Waals surface area contributed by atoms with Crippen LogP contribution in [0.25, 0.3) is 0 Å². The van der Waals surface area contributed by atoms with Crippen LogP contribution in [0.3, 0.4) is 0 Å². The van der Waals surface area contributed by atoms with Gasteiger partial charge in [0, 0.05) is 0 Å². The Labute approximate surface area is 77.5 Å². The highest BCUT2D eigenvalue weighted by Gasteiger charge is 2.19. The van der Waals surface area contributed by atoms with Gasteiger partial charge in [-0.25, -0.2) is 0 Å². The second-order valence-electron chi connectivity index (χ2n) is 3.15. The maximum Gasteiger partial charge on any atom is 0.231 e. The van der Waals surface area contributed by atoms with E-state index in [2.05, 4.69) is 6.07 Å². The minimum atomic E-state index is 0.331. The fraction of sp³-hybridized carbons (Fsp3) is 0.400. The van der Waals surface area contributed by atoms with Gasteiger partial charge in [0.05, 0.1) is 0 Å². The third kappa shape index (κ3) is 1.35. The van der Waals surface area contributed by atoms with Crippen LogP contribution in [0.15, 0.2) is 12.1 Å². The molecule has 0 bridgehead atoms. The molecule has 0 aliphatic carbocycles. The zero-order chi connectivity index (χ0) is 9.26. The molecule has 0 aromatic heterocycles. The molecule has 13 heavy (non-hydrogen) atoms. The number of nitrogens with two attached hydrogens (primary N) is 1. The number of aryl methyl sites for hydroxylation is 1. The molecule has 2 rings (SSSR count). The van der Waals surface area contributed by atoms with Crippen LogP contribution in [0, 0.1) is 6.92 Å². The van der Waals surface area contributed by atoms with Crippen molar-refractivity contribution in [2.24, 2.45) is 5.73 Å². The molecule has 2 N–H and O–H groups in total. The highest BCUT2D eigenvalue weighted by atomic mass is 16.7. The Kier molecular flexibility index (Phi) is 2.10. The van der Waals surface area contributed by atoms with E-state index >= 15 is 0 Å². The summed E-state index contributed by atoms with van der Waals surface area (Å²) in [7, 11) is 0. The van der Waals surface area contributed by atoms with E-state index in [0.29, 0.717) is 13.3 Å². The van der Waals surface area contributed by atoms with Crippen LogP contribution in [-0.2, 0) is 6.42 Å². The van der Waals surface area contributed by atoms with Gasteiger partial charge in [-0.3, -0.25) is 0 Å². The van der Waals surface area contributed by atoms with Crippen molar-refractivity contribution in [2.45, 2.75) is 13.3 Å². The summed E-state index contributed by atoms with van der Waals surface area (Å²) in [5.74, 6) is 1.76. The predicted molar refractivity (Wildman–Crippen MR) is 50.1 cm³/mol. The van der Waals surface area contributed by atoms with E-state index in [0.717, 1.165) is 29.0 Å². The van der Waals surface area contributed by atoms with E-state index in [1.54, 1.807) is 0 Å². The summed E-state index contributed by atoms with van der Waals surface area (Å²) >= 11 is 0. The second kappa shape index (κ2) is 3.26. The van der Waals surface area contributed by atoms with Gasteiger partial charge in [-0.05, 0) is 31.0 Å². The van der Waals surface area contributed by atoms with Crippen LogP contribution < -0.4 is 15.2 Å². The summed E-state index contributed by atoms with van der Waals surface area (Å²) in [5.41, 5.74) is 7.75. The standard InChI is InChI=1S/C10H13NO2/c1-7-2-3-8(4-5-11)10-9(7)12-6-13-10/h2-3H,4-6,11H2,1H3. The number of ether oxygens (including phenoxy) is 2. The van der Waals surface area contributed by atoms with Gasteiger partial charge >= 0.3 is 0 Å². The van der Waals surface area contributed by atoms with Crippen molar-refractivity contribution in [3.8, 4) is 11.5 Å². The van der Waals surface area contributed by atoms with Crippen molar-refractivity contribution in [1.82, 2.24) is 0 Å². The Morgan fingerprint density at radius 2 is 2.08 bits per heavy atom. The van der Waals surface area contributed by atoms with Crippen molar-refractivity contribution in [2.75, 3.05) is 13.3 Å². The van der Waals surface area contributed by atoms with Gasteiger partial charge in [0.1, 0.15) is 0 Å². The van der Waals surface area contributed by atoms with Gasteiger partial charge in [-0.1, -0.05) is 12.1 Å². The number of rotatable bonds is 2. The highest BCUT2D eigenvalue weighted by Crippen LogP contribution is 2.38. The third-order valence-electron chi connectivity index (χ3n) is 2.21. The zero-order valence-electron chi connectivity index (χ0n) is 7.67. The van der Waals surface area contributed by atoms with E-state index < -0.39 is 0 Å². The summed E-state index contributed by atoms with van der Waals surface area (Å²) in [5, 5.41) is 0. The Bertz CT molecular complexity index is 323. The van der Waals surface area contributed by atoms with Gasteiger partial charge in [-0.15, -0.1) is 0 Å². The molecule has 0 saturated carbocycles. The normalized spacial score (nSPS) is 13.4. The number of fused-ring (bicyclic) bond motifs is 1. The van der Waals surface area contributed by atoms with Crippen molar-refractivity contribution in [3.05, 3.63) is 23.3 Å². The van der Waals surface area contributed by atoms with Crippen LogP contribution >= 0.6 is 0 Å². The van der Waals surface area contributed by atoms with Crippen molar-refractivity contribution >= 4 is 0 Å². The lowest BCUT2D eigenvalue weighted by atomic mass is 10.1. The number of benzene rings is 1. The fourth-order valence-corrected chi connectivity index (χ4v) is 1.54. The molecule has 1 aliphatic heterocycles. The van der Waals surface area contributed by atoms with E-state index in [9.17, 15) is 0 Å². The number of hydrogen-bond acceptors (Lipinski definition) is 3. The SMILES string of the molecule is Cc1ccc(CCN)c2c1OCO2. The molecule has 70 valence electrons. The van der Waals surface area contributed by atoms with Crippen LogP contribution in [0.1, 0.15) is 11.1 Å². The molecule has 1 aromatic rings. The van der Waals surface area contributed by atoms with Crippen LogP contribution in [0.2, 0.25) is 0 Å². The lowest BCUT2D eigenvalue weighted by molar-refractivity contribution is 0.173. The first-order valence-electron chi connectivity index (χ1n) is 4.41. The average molecular weight is 179 g/mol. The monoisotopic (exact) mass is 179 g/mol. The van der Waals surface area contributed by atoms with Crippen molar-refractivity contribution in [3.63, 3.8) is 0 Å². The molecule has 3 heteroatoms. The topological polar surface area (TPSA) is 44.5 Å². The molecule has 0 radical (unpaired) electrons. The second-order valence-corrected chi connectivity index (χ2v) is 3.15. The molecule has 0 amide bonds. The zero-order valence-corrected chi connectivity index (χ0v) is 7.67. The third-order valence-corrected chi connectivity index (χ3v) is 2.21. The summed E-state index contributed by atoms with van der Waals surface area (Å²) in [6.07, 6.45) is 0.839. The molecule has 1 heterocycles. The van der Waals surface area contributed by atoms with E-state index in [1.807, 2.05) is 13.0 Å². The quantitative estimate of drug-likeness (QED) is 0.742. The minimum Gasteiger partial charge on any atom is -0.453 e. The first-order chi connectivity index (χ1) is 6.33. The summed E-state index contributed by atoms with van der Waals surface area (Å²) < 4.78 is 10.7. The van der Waals surface area contributed by atoms with E-state index in [4.69, 9.17) is 15.2 Å². The molecular formula is C10H13NO2. The Hall–Kier alpha value is -1.22. The lowest BCUT2D eigenvalue weighted by Gasteiger charge is -2.05. The molecule has 0 unspecified atom stereocenters. The van der Waals surface area contributed by atoms with Gasteiger partial charge < -0.3 is 15.2 Å². The lowest BCUT2D eigenvalue weighted by Crippen LogP contribution is -2.03. The maximum absolute atomic E-state index is 5.50. The first-order valence-corrected chi connectivity index (χ1v) is 4.41. The maximum atomic E-state index is 5.50. The van der Waals surface area contributed by atoms with Gasteiger partial charge in [-0.2, -0.15) is 0 Å². The van der Waals surface area contributed by atoms with Gasteiger partial charge in [0.25, 0.3) is 0 Å². The Morgan fingerprint density at radius 3 is 2.85 bits per heavy atom. The fourth-order valence-electron chi connectivity index (χ4n) is 1.54. The predicted octanol–water partition coefficient (Wildman–Crippen LogP) is 1.22. The molecular weight excluding hydrogens is 166 g/mol.